The second kappa shape index (κ2) is 6.06. The molecule has 0 spiro atoms. The molecule has 1 aromatic carbocycles. The molecule has 2 rings (SSSR count). The van der Waals surface area contributed by atoms with Gasteiger partial charge in [-0.2, -0.15) is 0 Å². The molecule has 16 heavy (non-hydrogen) atoms. The smallest absolute Gasteiger partial charge is 0.274 e. The van der Waals surface area contributed by atoms with Crippen LogP contribution in [0.5, 0.6) is 5.19 Å². The van der Waals surface area contributed by atoms with Gasteiger partial charge in [0.25, 0.3) is 5.19 Å². The molecular weight excluding hydrogens is 242 g/mol. The van der Waals surface area contributed by atoms with Gasteiger partial charge in [-0.05, 0) is 31.4 Å². The highest BCUT2D eigenvalue weighted by atomic mass is 35.5. The minimum Gasteiger partial charge on any atom is -0.470 e. The highest BCUT2D eigenvalue weighted by Gasteiger charge is 2.02. The predicted molar refractivity (Wildman–Crippen MR) is 69.7 cm³/mol. The van der Waals surface area contributed by atoms with Crippen molar-refractivity contribution in [2.75, 3.05) is 12.5 Å². The Bertz CT molecular complexity index is 410. The Morgan fingerprint density at radius 1 is 1.19 bits per heavy atom. The fraction of sp³-hybridized carbons (Fsp3) is 0.417. The maximum Gasteiger partial charge on any atom is 0.274 e. The zero-order valence-electron chi connectivity index (χ0n) is 8.99. The van der Waals surface area contributed by atoms with Crippen molar-refractivity contribution in [1.82, 2.24) is 4.98 Å². The first-order valence-corrected chi connectivity index (χ1v) is 6.79. The molecule has 0 aliphatic carbocycles. The second-order valence-electron chi connectivity index (χ2n) is 3.55. The maximum absolute atomic E-state index is 5.60. The molecule has 0 radical (unpaired) electrons. The third kappa shape index (κ3) is 3.09. The molecule has 2 aromatic rings. The van der Waals surface area contributed by atoms with Gasteiger partial charge in [0, 0.05) is 5.88 Å². The van der Waals surface area contributed by atoms with Crippen molar-refractivity contribution in [3.05, 3.63) is 24.3 Å². The van der Waals surface area contributed by atoms with Crippen LogP contribution in [0.1, 0.15) is 19.3 Å². The van der Waals surface area contributed by atoms with E-state index in [1.165, 1.54) is 4.70 Å². The summed E-state index contributed by atoms with van der Waals surface area (Å²) in [7, 11) is 0. The topological polar surface area (TPSA) is 22.1 Å². The summed E-state index contributed by atoms with van der Waals surface area (Å²) in [5, 5.41) is 0.770. The Hall–Kier alpha value is -0.800. The molecule has 2 nitrogen and oxygen atoms in total. The zero-order valence-corrected chi connectivity index (χ0v) is 10.6. The minimum absolute atomic E-state index is 0.733. The molecule has 4 heteroatoms. The highest BCUT2D eigenvalue weighted by Crippen LogP contribution is 2.27. The summed E-state index contributed by atoms with van der Waals surface area (Å²) in [6, 6.07) is 8.08. The van der Waals surface area contributed by atoms with Crippen LogP contribution in [-0.4, -0.2) is 17.5 Å². The van der Waals surface area contributed by atoms with Crippen LogP contribution in [0.4, 0.5) is 0 Å². The Morgan fingerprint density at radius 2 is 2.06 bits per heavy atom. The number of para-hydroxylation sites is 1. The number of benzene rings is 1. The Balaban J connectivity index is 1.85. The number of hydrogen-bond acceptors (Lipinski definition) is 3. The van der Waals surface area contributed by atoms with E-state index >= 15 is 0 Å². The van der Waals surface area contributed by atoms with Crippen molar-refractivity contribution in [1.29, 1.82) is 0 Å². The SMILES string of the molecule is ClCCCCCOc1nc2ccccc2s1. The van der Waals surface area contributed by atoms with Crippen molar-refractivity contribution >= 4 is 33.2 Å². The van der Waals surface area contributed by atoms with Gasteiger partial charge in [0.15, 0.2) is 0 Å². The number of aromatic nitrogens is 1. The van der Waals surface area contributed by atoms with Crippen LogP contribution in [0.3, 0.4) is 0 Å². The van der Waals surface area contributed by atoms with Gasteiger partial charge >= 0.3 is 0 Å². The molecule has 0 N–H and O–H groups in total. The Labute approximate surface area is 104 Å². The lowest BCUT2D eigenvalue weighted by Crippen LogP contribution is -1.96. The van der Waals surface area contributed by atoms with Crippen LogP contribution in [0.25, 0.3) is 10.2 Å². The summed E-state index contributed by atoms with van der Waals surface area (Å²) in [6.45, 7) is 0.733. The second-order valence-corrected chi connectivity index (χ2v) is 4.92. The Kier molecular flexibility index (Phi) is 4.43. The molecular formula is C12H14ClNOS. The summed E-state index contributed by atoms with van der Waals surface area (Å²) in [6.07, 6.45) is 3.22. The number of rotatable bonds is 6. The third-order valence-corrected chi connectivity index (χ3v) is 3.49. The summed E-state index contributed by atoms with van der Waals surface area (Å²) in [4.78, 5) is 4.40. The van der Waals surface area contributed by atoms with E-state index in [2.05, 4.69) is 11.1 Å². The van der Waals surface area contributed by atoms with Crippen molar-refractivity contribution in [2.24, 2.45) is 0 Å². The molecule has 0 unspecified atom stereocenters. The molecule has 0 saturated carbocycles. The number of unbranched alkanes of at least 4 members (excludes halogenated alkanes) is 2. The van der Waals surface area contributed by atoms with Crippen LogP contribution < -0.4 is 4.74 Å². The van der Waals surface area contributed by atoms with Crippen LogP contribution in [0.15, 0.2) is 24.3 Å². The van der Waals surface area contributed by atoms with Gasteiger partial charge in [0.2, 0.25) is 0 Å². The normalized spacial score (nSPS) is 10.8. The summed E-state index contributed by atoms with van der Waals surface area (Å²) in [5.41, 5.74) is 1.02. The molecule has 0 aliphatic heterocycles. The number of nitrogens with zero attached hydrogens (tertiary/aromatic N) is 1. The molecule has 0 bridgehead atoms. The molecule has 1 aromatic heterocycles. The monoisotopic (exact) mass is 255 g/mol. The van der Waals surface area contributed by atoms with E-state index in [-0.39, 0.29) is 0 Å². The van der Waals surface area contributed by atoms with E-state index < -0.39 is 0 Å². The first-order valence-electron chi connectivity index (χ1n) is 5.44. The molecule has 0 fully saturated rings. The van der Waals surface area contributed by atoms with Gasteiger partial charge in [-0.25, -0.2) is 4.98 Å². The van der Waals surface area contributed by atoms with Crippen LogP contribution in [0.2, 0.25) is 0 Å². The lowest BCUT2D eigenvalue weighted by Gasteiger charge is -2.00. The number of hydrogen-bond donors (Lipinski definition) is 0. The number of thiazole rings is 1. The minimum atomic E-state index is 0.733. The fourth-order valence-electron chi connectivity index (χ4n) is 1.45. The van der Waals surface area contributed by atoms with E-state index in [0.29, 0.717) is 0 Å². The third-order valence-electron chi connectivity index (χ3n) is 2.28. The van der Waals surface area contributed by atoms with Crippen LogP contribution in [-0.2, 0) is 0 Å². The van der Waals surface area contributed by atoms with Gasteiger partial charge in [-0.1, -0.05) is 23.5 Å². The van der Waals surface area contributed by atoms with Crippen molar-refractivity contribution in [3.8, 4) is 5.19 Å². The molecule has 0 saturated heterocycles. The van der Waals surface area contributed by atoms with Crippen LogP contribution in [0, 0.1) is 0 Å². The first-order chi connectivity index (χ1) is 7.90. The van der Waals surface area contributed by atoms with E-state index in [1.54, 1.807) is 11.3 Å². The standard InChI is InChI=1S/C12H14ClNOS/c13-8-4-1-5-9-15-12-14-10-6-2-3-7-11(10)16-12/h2-3,6-7H,1,4-5,8-9H2. The quantitative estimate of drug-likeness (QED) is 0.573. The average Bonchev–Trinajstić information content (AvgIpc) is 2.71. The summed E-state index contributed by atoms with van der Waals surface area (Å²) < 4.78 is 6.78. The number of ether oxygens (including phenoxy) is 1. The fourth-order valence-corrected chi connectivity index (χ4v) is 2.47. The maximum atomic E-state index is 5.60. The van der Waals surface area contributed by atoms with Gasteiger partial charge in [0.05, 0.1) is 16.8 Å². The number of halogens is 1. The molecule has 1 heterocycles. The van der Waals surface area contributed by atoms with Gasteiger partial charge in [-0.15, -0.1) is 11.6 Å². The van der Waals surface area contributed by atoms with E-state index in [0.717, 1.165) is 42.5 Å². The number of alkyl halides is 1. The van der Waals surface area contributed by atoms with Gasteiger partial charge in [-0.3, -0.25) is 0 Å². The molecule has 0 amide bonds. The zero-order chi connectivity index (χ0) is 11.2. The van der Waals surface area contributed by atoms with Crippen LogP contribution >= 0.6 is 22.9 Å². The van der Waals surface area contributed by atoms with Crippen molar-refractivity contribution in [3.63, 3.8) is 0 Å². The van der Waals surface area contributed by atoms with E-state index in [4.69, 9.17) is 16.3 Å². The van der Waals surface area contributed by atoms with Crippen molar-refractivity contribution in [2.45, 2.75) is 19.3 Å². The Morgan fingerprint density at radius 3 is 2.88 bits per heavy atom. The first kappa shape index (κ1) is 11.7. The van der Waals surface area contributed by atoms with Crippen molar-refractivity contribution < 1.29 is 4.74 Å². The van der Waals surface area contributed by atoms with E-state index in [1.807, 2.05) is 18.2 Å². The summed E-state index contributed by atoms with van der Waals surface area (Å²) in [5.74, 6) is 0.737. The summed E-state index contributed by atoms with van der Waals surface area (Å²) >= 11 is 7.20. The molecule has 0 atom stereocenters. The predicted octanol–water partition coefficient (Wildman–Crippen LogP) is 4.08. The molecule has 86 valence electrons. The van der Waals surface area contributed by atoms with Gasteiger partial charge < -0.3 is 4.74 Å². The lowest BCUT2D eigenvalue weighted by molar-refractivity contribution is 0.305. The molecule has 0 aliphatic rings. The number of fused-ring (bicyclic) bond motifs is 1. The largest absolute Gasteiger partial charge is 0.470 e. The van der Waals surface area contributed by atoms with E-state index in [9.17, 15) is 0 Å². The van der Waals surface area contributed by atoms with Gasteiger partial charge in [0.1, 0.15) is 0 Å². The average molecular weight is 256 g/mol. The lowest BCUT2D eigenvalue weighted by atomic mass is 10.3. The highest BCUT2D eigenvalue weighted by molar-refractivity contribution is 7.20.